The number of Topliss-reactive ketones (excluding diaryl/α,β-unsaturated/α-hetero) is 1. The van der Waals surface area contributed by atoms with Crippen LogP contribution in [0.4, 0.5) is 0 Å². The Morgan fingerprint density at radius 1 is 1.31 bits per heavy atom. The fourth-order valence-corrected chi connectivity index (χ4v) is 2.53. The van der Waals surface area contributed by atoms with Crippen molar-refractivity contribution in [3.05, 3.63) is 47.4 Å². The Morgan fingerprint density at radius 2 is 2.00 bits per heavy atom. The first-order chi connectivity index (χ1) is 7.61. The molecule has 0 unspecified atom stereocenters. The Hall–Kier alpha value is -1.41. The van der Waals surface area contributed by atoms with E-state index in [0.717, 1.165) is 15.6 Å². The van der Waals surface area contributed by atoms with Crippen LogP contribution in [0, 0.1) is 5.92 Å². The standard InChI is InChI=1S/C14H14OS/c1-9(2)10(3)14(15)12-8-16-13-7-5-4-6-11(12)13/h4-9H,3H2,1-2H3. The summed E-state index contributed by atoms with van der Waals surface area (Å²) in [6.07, 6.45) is 0. The second-order valence-corrected chi connectivity index (χ2v) is 5.07. The summed E-state index contributed by atoms with van der Waals surface area (Å²) >= 11 is 1.61. The molecule has 2 aromatic rings. The van der Waals surface area contributed by atoms with E-state index < -0.39 is 0 Å². The molecule has 1 aromatic carbocycles. The monoisotopic (exact) mass is 230 g/mol. The maximum atomic E-state index is 12.2. The molecule has 1 aromatic heterocycles. The molecule has 2 heteroatoms. The van der Waals surface area contributed by atoms with E-state index in [0.29, 0.717) is 5.57 Å². The molecule has 1 nitrogen and oxygen atoms in total. The lowest BCUT2D eigenvalue weighted by Crippen LogP contribution is -2.06. The van der Waals surface area contributed by atoms with Gasteiger partial charge in [-0.05, 0) is 17.6 Å². The zero-order valence-electron chi connectivity index (χ0n) is 9.49. The zero-order valence-corrected chi connectivity index (χ0v) is 10.3. The number of benzene rings is 1. The van der Waals surface area contributed by atoms with Gasteiger partial charge in [0.15, 0.2) is 5.78 Å². The van der Waals surface area contributed by atoms with Crippen LogP contribution in [0.2, 0.25) is 0 Å². The van der Waals surface area contributed by atoms with Gasteiger partial charge in [0, 0.05) is 21.0 Å². The van der Waals surface area contributed by atoms with E-state index in [1.165, 1.54) is 0 Å². The summed E-state index contributed by atoms with van der Waals surface area (Å²) < 4.78 is 1.16. The summed E-state index contributed by atoms with van der Waals surface area (Å²) in [7, 11) is 0. The molecule has 0 saturated heterocycles. The average molecular weight is 230 g/mol. The fraction of sp³-hybridized carbons (Fsp3) is 0.214. The van der Waals surface area contributed by atoms with Crippen LogP contribution in [0.5, 0.6) is 0 Å². The van der Waals surface area contributed by atoms with Crippen LogP contribution in [0.1, 0.15) is 24.2 Å². The highest BCUT2D eigenvalue weighted by molar-refractivity contribution is 7.17. The van der Waals surface area contributed by atoms with E-state index in [1.54, 1.807) is 11.3 Å². The first-order valence-electron chi connectivity index (χ1n) is 5.31. The van der Waals surface area contributed by atoms with Crippen molar-refractivity contribution in [2.75, 3.05) is 0 Å². The summed E-state index contributed by atoms with van der Waals surface area (Å²) in [5.74, 6) is 0.276. The molecule has 82 valence electrons. The number of ketones is 1. The fourth-order valence-electron chi connectivity index (χ4n) is 1.59. The van der Waals surface area contributed by atoms with Gasteiger partial charge >= 0.3 is 0 Å². The van der Waals surface area contributed by atoms with Gasteiger partial charge < -0.3 is 0 Å². The van der Waals surface area contributed by atoms with Crippen LogP contribution < -0.4 is 0 Å². The highest BCUT2D eigenvalue weighted by Crippen LogP contribution is 2.28. The minimum atomic E-state index is 0.0763. The summed E-state index contributed by atoms with van der Waals surface area (Å²) in [6.45, 7) is 7.86. The minimum absolute atomic E-state index is 0.0763. The molecule has 0 bridgehead atoms. The summed E-state index contributed by atoms with van der Waals surface area (Å²) in [6, 6.07) is 7.98. The van der Waals surface area contributed by atoms with Gasteiger partial charge in [-0.25, -0.2) is 0 Å². The lowest BCUT2D eigenvalue weighted by Gasteiger charge is -2.07. The van der Waals surface area contributed by atoms with Crippen molar-refractivity contribution in [1.29, 1.82) is 0 Å². The highest BCUT2D eigenvalue weighted by atomic mass is 32.1. The number of hydrogen-bond donors (Lipinski definition) is 0. The molecular formula is C14H14OS. The van der Waals surface area contributed by atoms with Crippen molar-refractivity contribution in [3.63, 3.8) is 0 Å². The third-order valence-corrected chi connectivity index (χ3v) is 3.68. The number of hydrogen-bond acceptors (Lipinski definition) is 2. The number of carbonyl (C=O) groups is 1. The van der Waals surface area contributed by atoms with Gasteiger partial charge in [0.1, 0.15) is 0 Å². The molecule has 0 fully saturated rings. The highest BCUT2D eigenvalue weighted by Gasteiger charge is 2.16. The molecule has 16 heavy (non-hydrogen) atoms. The van der Waals surface area contributed by atoms with Crippen molar-refractivity contribution in [3.8, 4) is 0 Å². The molecule has 0 spiro atoms. The predicted octanol–water partition coefficient (Wildman–Crippen LogP) is 4.30. The molecule has 0 radical (unpaired) electrons. The predicted molar refractivity (Wildman–Crippen MR) is 70.1 cm³/mol. The van der Waals surface area contributed by atoms with E-state index in [4.69, 9.17) is 0 Å². The van der Waals surface area contributed by atoms with Crippen LogP contribution in [0.25, 0.3) is 10.1 Å². The topological polar surface area (TPSA) is 17.1 Å². The molecule has 0 aliphatic carbocycles. The molecule has 0 amide bonds. The lowest BCUT2D eigenvalue weighted by molar-refractivity contribution is 0.102. The molecule has 1 heterocycles. The maximum Gasteiger partial charge on any atom is 0.190 e. The number of carbonyl (C=O) groups excluding carboxylic acids is 1. The Balaban J connectivity index is 2.48. The number of allylic oxidation sites excluding steroid dienone is 1. The smallest absolute Gasteiger partial charge is 0.190 e. The second-order valence-electron chi connectivity index (χ2n) is 4.15. The Morgan fingerprint density at radius 3 is 2.69 bits per heavy atom. The normalized spacial score (nSPS) is 10.9. The quantitative estimate of drug-likeness (QED) is 0.567. The first kappa shape index (κ1) is 11.1. The Kier molecular flexibility index (Phi) is 2.92. The zero-order chi connectivity index (χ0) is 11.7. The summed E-state index contributed by atoms with van der Waals surface area (Å²) in [5.41, 5.74) is 1.47. The van der Waals surface area contributed by atoms with E-state index in [2.05, 4.69) is 6.58 Å². The van der Waals surface area contributed by atoms with E-state index in [9.17, 15) is 4.79 Å². The average Bonchev–Trinajstić information content (AvgIpc) is 2.70. The van der Waals surface area contributed by atoms with Gasteiger partial charge in [0.05, 0.1) is 0 Å². The van der Waals surface area contributed by atoms with Crippen LogP contribution in [-0.4, -0.2) is 5.78 Å². The van der Waals surface area contributed by atoms with Gasteiger partial charge in [-0.2, -0.15) is 0 Å². The van der Waals surface area contributed by atoms with Gasteiger partial charge in [-0.3, -0.25) is 4.79 Å². The van der Waals surface area contributed by atoms with Crippen molar-refractivity contribution in [2.45, 2.75) is 13.8 Å². The van der Waals surface area contributed by atoms with Gasteiger partial charge in [0.2, 0.25) is 0 Å². The molecular weight excluding hydrogens is 216 g/mol. The molecule has 0 aliphatic rings. The van der Waals surface area contributed by atoms with Crippen LogP contribution in [-0.2, 0) is 0 Å². The van der Waals surface area contributed by atoms with Crippen LogP contribution >= 0.6 is 11.3 Å². The lowest BCUT2D eigenvalue weighted by atomic mass is 9.96. The number of thiophene rings is 1. The number of fused-ring (bicyclic) bond motifs is 1. The molecule has 0 N–H and O–H groups in total. The Bertz CT molecular complexity index is 549. The van der Waals surface area contributed by atoms with Gasteiger partial charge in [-0.1, -0.05) is 38.6 Å². The third kappa shape index (κ3) is 1.81. The summed E-state index contributed by atoms with van der Waals surface area (Å²) in [5, 5.41) is 2.97. The van der Waals surface area contributed by atoms with E-state index >= 15 is 0 Å². The maximum absolute atomic E-state index is 12.2. The largest absolute Gasteiger partial charge is 0.289 e. The second kappa shape index (κ2) is 4.22. The van der Waals surface area contributed by atoms with Crippen LogP contribution in [0.15, 0.2) is 41.8 Å². The first-order valence-corrected chi connectivity index (χ1v) is 6.19. The Labute approximate surface area is 99.4 Å². The third-order valence-electron chi connectivity index (χ3n) is 2.71. The summed E-state index contributed by atoms with van der Waals surface area (Å²) in [4.78, 5) is 12.2. The van der Waals surface area contributed by atoms with E-state index in [1.807, 2.05) is 43.5 Å². The van der Waals surface area contributed by atoms with Crippen molar-refractivity contribution in [2.24, 2.45) is 5.92 Å². The van der Waals surface area contributed by atoms with Crippen LogP contribution in [0.3, 0.4) is 0 Å². The molecule has 0 saturated carbocycles. The number of rotatable bonds is 3. The van der Waals surface area contributed by atoms with Gasteiger partial charge in [-0.15, -0.1) is 11.3 Å². The van der Waals surface area contributed by atoms with Crippen molar-refractivity contribution >= 4 is 27.2 Å². The van der Waals surface area contributed by atoms with E-state index in [-0.39, 0.29) is 11.7 Å². The molecule has 0 atom stereocenters. The van der Waals surface area contributed by atoms with Crippen molar-refractivity contribution < 1.29 is 4.79 Å². The van der Waals surface area contributed by atoms with Crippen molar-refractivity contribution in [1.82, 2.24) is 0 Å². The van der Waals surface area contributed by atoms with Gasteiger partial charge in [0.25, 0.3) is 0 Å². The molecule has 0 aliphatic heterocycles. The SMILES string of the molecule is C=C(C(=O)c1csc2ccccc12)C(C)C. The molecule has 2 rings (SSSR count). The minimum Gasteiger partial charge on any atom is -0.289 e.